The van der Waals surface area contributed by atoms with E-state index >= 15 is 0 Å². The van der Waals surface area contributed by atoms with Crippen molar-refractivity contribution in [3.05, 3.63) is 52.9 Å². The van der Waals surface area contributed by atoms with Crippen LogP contribution in [-0.4, -0.2) is 27.5 Å². The van der Waals surface area contributed by atoms with Crippen molar-refractivity contribution in [3.63, 3.8) is 0 Å². The summed E-state index contributed by atoms with van der Waals surface area (Å²) in [5.41, 5.74) is 1.18. The van der Waals surface area contributed by atoms with Crippen LogP contribution >= 0.6 is 23.2 Å². The second-order valence-corrected chi connectivity index (χ2v) is 5.83. The zero-order valence-electron chi connectivity index (χ0n) is 12.9. The fourth-order valence-electron chi connectivity index (χ4n) is 2.10. The van der Waals surface area contributed by atoms with E-state index in [0.29, 0.717) is 22.7 Å². The molecule has 8 heteroatoms. The molecule has 3 aromatic rings. The summed E-state index contributed by atoms with van der Waals surface area (Å²) in [4.78, 5) is 4.24. The predicted octanol–water partition coefficient (Wildman–Crippen LogP) is 4.55. The van der Waals surface area contributed by atoms with E-state index in [4.69, 9.17) is 32.5 Å². The van der Waals surface area contributed by atoms with Gasteiger partial charge in [-0.2, -0.15) is 4.98 Å². The van der Waals surface area contributed by atoms with E-state index in [1.807, 2.05) is 12.1 Å². The molecule has 1 heterocycles. The van der Waals surface area contributed by atoms with E-state index in [-0.39, 0.29) is 21.7 Å². The number of ether oxygens (including phenoxy) is 1. The summed E-state index contributed by atoms with van der Waals surface area (Å²) in [6.07, 6.45) is 1.48. The molecule has 128 valence electrons. The highest BCUT2D eigenvalue weighted by Gasteiger charge is 2.13. The third kappa shape index (κ3) is 3.70. The van der Waals surface area contributed by atoms with Gasteiger partial charge in [-0.25, -0.2) is 0 Å². The first kappa shape index (κ1) is 17.1. The number of aromatic nitrogens is 2. The molecule has 0 radical (unpaired) electrons. The molecule has 0 aliphatic carbocycles. The molecule has 2 N–H and O–H groups in total. The number of benzene rings is 2. The van der Waals surface area contributed by atoms with Gasteiger partial charge in [0.05, 0.1) is 12.1 Å². The molecule has 0 bridgehead atoms. The number of methoxy groups -OCH3 is 1. The summed E-state index contributed by atoms with van der Waals surface area (Å²) < 4.78 is 10.3. The van der Waals surface area contributed by atoms with Gasteiger partial charge < -0.3 is 19.5 Å². The maximum atomic E-state index is 9.60. The minimum Gasteiger partial charge on any atom is -0.504 e. The van der Waals surface area contributed by atoms with Crippen LogP contribution in [0.2, 0.25) is 5.02 Å². The third-order valence-electron chi connectivity index (χ3n) is 3.32. The lowest BCUT2D eigenvalue weighted by Crippen LogP contribution is -1.85. The molecule has 0 amide bonds. The Bertz CT molecular complexity index is 930. The molecule has 0 saturated heterocycles. The lowest BCUT2D eigenvalue weighted by atomic mass is 10.2. The van der Waals surface area contributed by atoms with E-state index in [1.165, 1.54) is 18.2 Å². The standard InChI is InChI=1S/C17H12Cl2N2O4/c1-24-11-4-2-3-10(8-11)16-20-17(25-21-16)13(19)6-9-5-12(18)15(23)14(22)7-9/h2-8,22-23H,1H3/b13-6-. The topological polar surface area (TPSA) is 88.6 Å². The van der Waals surface area contributed by atoms with Crippen molar-refractivity contribution < 1.29 is 19.5 Å². The van der Waals surface area contributed by atoms with Gasteiger partial charge in [0.25, 0.3) is 5.89 Å². The van der Waals surface area contributed by atoms with Gasteiger partial charge in [0.15, 0.2) is 11.5 Å². The average Bonchev–Trinajstić information content (AvgIpc) is 3.10. The molecule has 0 fully saturated rings. The predicted molar refractivity (Wildman–Crippen MR) is 94.8 cm³/mol. The highest BCUT2D eigenvalue weighted by Crippen LogP contribution is 2.35. The molecule has 6 nitrogen and oxygen atoms in total. The van der Waals surface area contributed by atoms with Crippen LogP contribution in [0.1, 0.15) is 11.5 Å². The highest BCUT2D eigenvalue weighted by molar-refractivity contribution is 6.50. The molecule has 0 saturated carbocycles. The summed E-state index contributed by atoms with van der Waals surface area (Å²) in [6.45, 7) is 0. The van der Waals surface area contributed by atoms with Crippen molar-refractivity contribution in [3.8, 4) is 28.6 Å². The Morgan fingerprint density at radius 3 is 2.76 bits per heavy atom. The second-order valence-electron chi connectivity index (χ2n) is 5.02. The second kappa shape index (κ2) is 7.04. The van der Waals surface area contributed by atoms with Crippen molar-refractivity contribution in [2.24, 2.45) is 0 Å². The summed E-state index contributed by atoms with van der Waals surface area (Å²) in [5, 5.41) is 23.1. The molecule has 2 aromatic carbocycles. The van der Waals surface area contributed by atoms with Gasteiger partial charge >= 0.3 is 0 Å². The quantitative estimate of drug-likeness (QED) is 0.647. The van der Waals surface area contributed by atoms with Crippen molar-refractivity contribution in [2.75, 3.05) is 7.11 Å². The first-order chi connectivity index (χ1) is 12.0. The van der Waals surface area contributed by atoms with Crippen LogP contribution in [0.5, 0.6) is 17.2 Å². The molecular formula is C17H12Cl2N2O4. The Kier molecular flexibility index (Phi) is 4.83. The van der Waals surface area contributed by atoms with Crippen molar-refractivity contribution in [1.29, 1.82) is 0 Å². The molecule has 0 unspecified atom stereocenters. The van der Waals surface area contributed by atoms with Gasteiger partial charge in [-0.3, -0.25) is 0 Å². The number of hydrogen-bond acceptors (Lipinski definition) is 6. The van der Waals surface area contributed by atoms with E-state index < -0.39 is 5.75 Å². The molecule has 0 aliphatic heterocycles. The number of nitrogens with zero attached hydrogens (tertiary/aromatic N) is 2. The van der Waals surface area contributed by atoms with Crippen LogP contribution in [0.3, 0.4) is 0 Å². The van der Waals surface area contributed by atoms with Crippen molar-refractivity contribution in [1.82, 2.24) is 10.1 Å². The zero-order valence-corrected chi connectivity index (χ0v) is 14.4. The largest absolute Gasteiger partial charge is 0.504 e. The first-order valence-electron chi connectivity index (χ1n) is 7.05. The number of rotatable bonds is 4. The summed E-state index contributed by atoms with van der Waals surface area (Å²) in [5.74, 6) is 0.369. The molecule has 1 aromatic heterocycles. The average molecular weight is 379 g/mol. The lowest BCUT2D eigenvalue weighted by molar-refractivity contribution is 0.404. The zero-order chi connectivity index (χ0) is 18.0. The van der Waals surface area contributed by atoms with Crippen LogP contribution in [0.15, 0.2) is 40.9 Å². The van der Waals surface area contributed by atoms with Gasteiger partial charge in [0.1, 0.15) is 10.8 Å². The smallest absolute Gasteiger partial charge is 0.269 e. The maximum absolute atomic E-state index is 9.60. The van der Waals surface area contributed by atoms with Crippen molar-refractivity contribution in [2.45, 2.75) is 0 Å². The number of hydrogen-bond donors (Lipinski definition) is 2. The van der Waals surface area contributed by atoms with E-state index in [1.54, 1.807) is 19.2 Å². The number of aromatic hydroxyl groups is 2. The van der Waals surface area contributed by atoms with Gasteiger partial charge in [0.2, 0.25) is 5.82 Å². The van der Waals surface area contributed by atoms with Crippen LogP contribution in [0, 0.1) is 0 Å². The summed E-state index contributed by atoms with van der Waals surface area (Å²) in [7, 11) is 1.57. The maximum Gasteiger partial charge on any atom is 0.269 e. The Balaban J connectivity index is 1.91. The Morgan fingerprint density at radius 1 is 1.24 bits per heavy atom. The third-order valence-corrected chi connectivity index (χ3v) is 3.88. The van der Waals surface area contributed by atoms with Crippen LogP contribution < -0.4 is 4.74 Å². The van der Waals surface area contributed by atoms with Gasteiger partial charge in [-0.15, -0.1) is 0 Å². The van der Waals surface area contributed by atoms with E-state index in [2.05, 4.69) is 10.1 Å². The molecule has 3 rings (SSSR count). The van der Waals surface area contributed by atoms with E-state index in [9.17, 15) is 10.2 Å². The fraction of sp³-hybridized carbons (Fsp3) is 0.0588. The van der Waals surface area contributed by atoms with Crippen LogP contribution in [0.25, 0.3) is 22.5 Å². The summed E-state index contributed by atoms with van der Waals surface area (Å²) >= 11 is 12.0. The Labute approximate surface area is 152 Å². The monoisotopic (exact) mass is 378 g/mol. The van der Waals surface area contributed by atoms with Crippen LogP contribution in [-0.2, 0) is 0 Å². The molecular weight excluding hydrogens is 367 g/mol. The minimum absolute atomic E-state index is 0.00156. The van der Waals surface area contributed by atoms with Gasteiger partial charge in [-0.05, 0) is 35.9 Å². The Hall–Kier alpha value is -2.70. The van der Waals surface area contributed by atoms with Crippen LogP contribution in [0.4, 0.5) is 0 Å². The van der Waals surface area contributed by atoms with Gasteiger partial charge in [0, 0.05) is 5.56 Å². The van der Waals surface area contributed by atoms with Gasteiger partial charge in [-0.1, -0.05) is 40.5 Å². The molecule has 0 spiro atoms. The van der Waals surface area contributed by atoms with Crippen molar-refractivity contribution >= 4 is 34.3 Å². The SMILES string of the molecule is COc1cccc(-c2noc(/C(Cl)=C/c3cc(O)c(O)c(Cl)c3)n2)c1. The summed E-state index contributed by atoms with van der Waals surface area (Å²) in [6, 6.07) is 9.94. The lowest BCUT2D eigenvalue weighted by Gasteiger charge is -2.02. The first-order valence-corrected chi connectivity index (χ1v) is 7.80. The highest BCUT2D eigenvalue weighted by atomic mass is 35.5. The molecule has 0 atom stereocenters. The number of phenolic OH excluding ortho intramolecular Hbond substituents is 2. The normalized spacial score (nSPS) is 11.6. The van der Waals surface area contributed by atoms with E-state index in [0.717, 1.165) is 0 Å². The number of halogens is 2. The Morgan fingerprint density at radius 2 is 2.04 bits per heavy atom. The molecule has 0 aliphatic rings. The molecule has 25 heavy (non-hydrogen) atoms. The fourth-order valence-corrected chi connectivity index (χ4v) is 2.52. The minimum atomic E-state index is -0.395. The number of phenols is 2.